The molecule has 25 heavy (non-hydrogen) atoms. The van der Waals surface area contributed by atoms with Crippen LogP contribution in [0.25, 0.3) is 0 Å². The van der Waals surface area contributed by atoms with Crippen LogP contribution in [0, 0.1) is 6.92 Å². The monoisotopic (exact) mass is 370 g/mol. The molecule has 0 amide bonds. The number of hydrogen-bond acceptors (Lipinski definition) is 5. The van der Waals surface area contributed by atoms with E-state index in [0.29, 0.717) is 13.0 Å². The predicted molar refractivity (Wildman–Crippen MR) is 96.9 cm³/mol. The number of aryl methyl sites for hydroxylation is 1. The fraction of sp³-hybridized carbons (Fsp3) is 0.684. The van der Waals surface area contributed by atoms with Crippen LogP contribution < -0.4 is 0 Å². The summed E-state index contributed by atoms with van der Waals surface area (Å²) in [5, 5.41) is 0. The molecular formula is C19H30O5S. The Morgan fingerprint density at radius 3 is 2.60 bits per heavy atom. The molecule has 0 bridgehead atoms. The lowest BCUT2D eigenvalue weighted by molar-refractivity contribution is -0.153. The maximum Gasteiger partial charge on any atom is 0.299 e. The van der Waals surface area contributed by atoms with Crippen molar-refractivity contribution in [3.8, 4) is 0 Å². The van der Waals surface area contributed by atoms with Crippen LogP contribution in [0.2, 0.25) is 0 Å². The van der Waals surface area contributed by atoms with Crippen LogP contribution in [-0.4, -0.2) is 34.0 Å². The van der Waals surface area contributed by atoms with Gasteiger partial charge in [0.25, 0.3) is 10.1 Å². The number of hydrogen-bond donors (Lipinski definition) is 0. The van der Waals surface area contributed by atoms with Crippen LogP contribution in [0.4, 0.5) is 0 Å². The highest BCUT2D eigenvalue weighted by molar-refractivity contribution is 7.86. The highest BCUT2D eigenvalue weighted by Gasteiger charge is 2.26. The summed E-state index contributed by atoms with van der Waals surface area (Å²) in [7, 11) is -3.84. The van der Waals surface area contributed by atoms with E-state index < -0.39 is 16.4 Å². The smallest absolute Gasteiger partial charge is 0.299 e. The van der Waals surface area contributed by atoms with Gasteiger partial charge in [0.05, 0.1) is 17.6 Å². The van der Waals surface area contributed by atoms with Gasteiger partial charge in [-0.1, -0.05) is 43.9 Å². The van der Waals surface area contributed by atoms with E-state index in [1.165, 1.54) is 0 Å². The average Bonchev–Trinajstić information content (AvgIpc) is 2.59. The third-order valence-electron chi connectivity index (χ3n) is 4.30. The standard InChI is InChI=1S/C19H30O5S/c1-3-4-5-6-9-19(23-17-8-7-14-22-15-17)24-25(20,21)18-12-10-16(2)11-13-18/h10-13,17,19H,3-9,14-15H2,1-2H3. The summed E-state index contributed by atoms with van der Waals surface area (Å²) < 4.78 is 41.9. The van der Waals surface area contributed by atoms with Crippen LogP contribution >= 0.6 is 0 Å². The molecule has 0 saturated carbocycles. The van der Waals surface area contributed by atoms with E-state index >= 15 is 0 Å². The van der Waals surface area contributed by atoms with Crippen molar-refractivity contribution >= 4 is 10.1 Å². The Balaban J connectivity index is 2.00. The summed E-state index contributed by atoms with van der Waals surface area (Å²) >= 11 is 0. The first kappa shape index (κ1) is 20.4. The molecule has 1 aliphatic heterocycles. The van der Waals surface area contributed by atoms with Gasteiger partial charge >= 0.3 is 0 Å². The van der Waals surface area contributed by atoms with Crippen LogP contribution in [0.5, 0.6) is 0 Å². The van der Waals surface area contributed by atoms with E-state index in [-0.39, 0.29) is 11.0 Å². The molecular weight excluding hydrogens is 340 g/mol. The molecule has 6 heteroatoms. The van der Waals surface area contributed by atoms with Gasteiger partial charge in [0.1, 0.15) is 0 Å². The van der Waals surface area contributed by atoms with Gasteiger partial charge in [0.15, 0.2) is 6.29 Å². The maximum absolute atomic E-state index is 12.6. The van der Waals surface area contributed by atoms with Crippen molar-refractivity contribution < 1.29 is 22.1 Å². The zero-order valence-electron chi connectivity index (χ0n) is 15.3. The minimum Gasteiger partial charge on any atom is -0.379 e. The topological polar surface area (TPSA) is 61.8 Å². The maximum atomic E-state index is 12.6. The van der Waals surface area contributed by atoms with Crippen molar-refractivity contribution in [2.75, 3.05) is 13.2 Å². The normalized spacial score (nSPS) is 19.7. The molecule has 1 fully saturated rings. The predicted octanol–water partition coefficient (Wildman–Crippen LogP) is 4.19. The van der Waals surface area contributed by atoms with Gasteiger partial charge in [-0.2, -0.15) is 8.42 Å². The molecule has 5 nitrogen and oxygen atoms in total. The molecule has 0 radical (unpaired) electrons. The Labute approximate surface area is 151 Å². The highest BCUT2D eigenvalue weighted by atomic mass is 32.2. The van der Waals surface area contributed by atoms with Gasteiger partial charge in [-0.3, -0.25) is 0 Å². The Hall–Kier alpha value is -0.950. The summed E-state index contributed by atoms with van der Waals surface area (Å²) in [6.07, 6.45) is 5.71. The van der Waals surface area contributed by atoms with Crippen LogP contribution in [0.1, 0.15) is 57.4 Å². The number of rotatable bonds is 10. The minimum absolute atomic E-state index is 0.0989. The fourth-order valence-electron chi connectivity index (χ4n) is 2.81. The molecule has 2 unspecified atom stereocenters. The first-order chi connectivity index (χ1) is 12.0. The van der Waals surface area contributed by atoms with Crippen molar-refractivity contribution in [1.29, 1.82) is 0 Å². The van der Waals surface area contributed by atoms with Crippen molar-refractivity contribution in [3.05, 3.63) is 29.8 Å². The molecule has 1 aromatic rings. The molecule has 2 rings (SSSR count). The number of benzene rings is 1. The second-order valence-corrected chi connectivity index (χ2v) is 8.19. The Bertz CT molecular complexity index is 591. The average molecular weight is 371 g/mol. The number of unbranched alkanes of at least 4 members (excludes halogenated alkanes) is 3. The van der Waals surface area contributed by atoms with Gasteiger partial charge in [0, 0.05) is 6.61 Å². The van der Waals surface area contributed by atoms with Gasteiger partial charge < -0.3 is 9.47 Å². The molecule has 0 N–H and O–H groups in total. The minimum atomic E-state index is -3.84. The first-order valence-electron chi connectivity index (χ1n) is 9.24. The quantitative estimate of drug-likeness (QED) is 0.351. The van der Waals surface area contributed by atoms with Crippen LogP contribution in [0.15, 0.2) is 29.2 Å². The largest absolute Gasteiger partial charge is 0.379 e. The number of ether oxygens (including phenoxy) is 2. The summed E-state index contributed by atoms with van der Waals surface area (Å²) in [4.78, 5) is 0.167. The zero-order valence-corrected chi connectivity index (χ0v) is 16.1. The Kier molecular flexibility index (Phi) is 8.36. The van der Waals surface area contributed by atoms with Gasteiger partial charge in [0.2, 0.25) is 0 Å². The van der Waals surface area contributed by atoms with Crippen molar-refractivity contribution in [2.45, 2.75) is 76.1 Å². The van der Waals surface area contributed by atoms with E-state index in [1.807, 2.05) is 6.92 Å². The van der Waals surface area contributed by atoms with E-state index in [9.17, 15) is 8.42 Å². The van der Waals surface area contributed by atoms with Gasteiger partial charge in [-0.25, -0.2) is 4.18 Å². The van der Waals surface area contributed by atoms with E-state index in [2.05, 4.69) is 6.92 Å². The van der Waals surface area contributed by atoms with Crippen LogP contribution in [0.3, 0.4) is 0 Å². The molecule has 0 aromatic heterocycles. The zero-order chi connectivity index (χ0) is 18.1. The second kappa shape index (κ2) is 10.3. The lowest BCUT2D eigenvalue weighted by atomic mass is 10.1. The fourth-order valence-corrected chi connectivity index (χ4v) is 3.82. The lowest BCUT2D eigenvalue weighted by Crippen LogP contribution is -2.32. The highest BCUT2D eigenvalue weighted by Crippen LogP contribution is 2.22. The molecule has 142 valence electrons. The van der Waals surface area contributed by atoms with Crippen LogP contribution in [-0.2, 0) is 23.8 Å². The van der Waals surface area contributed by atoms with E-state index in [4.69, 9.17) is 13.7 Å². The molecule has 0 spiro atoms. The van der Waals surface area contributed by atoms with Crippen molar-refractivity contribution in [2.24, 2.45) is 0 Å². The first-order valence-corrected chi connectivity index (χ1v) is 10.7. The lowest BCUT2D eigenvalue weighted by Gasteiger charge is -2.27. The summed E-state index contributed by atoms with van der Waals surface area (Å²) in [5.41, 5.74) is 1.01. The Morgan fingerprint density at radius 1 is 1.20 bits per heavy atom. The second-order valence-electron chi connectivity index (χ2n) is 6.62. The molecule has 0 aliphatic carbocycles. The van der Waals surface area contributed by atoms with Crippen molar-refractivity contribution in [3.63, 3.8) is 0 Å². The molecule has 1 aliphatic rings. The SMILES string of the molecule is CCCCCCC(OC1CCCOC1)OS(=O)(=O)c1ccc(C)cc1. The third-order valence-corrected chi connectivity index (χ3v) is 5.62. The van der Waals surface area contributed by atoms with E-state index in [0.717, 1.165) is 50.7 Å². The molecule has 1 heterocycles. The summed E-state index contributed by atoms with van der Waals surface area (Å²) in [6, 6.07) is 6.68. The molecule has 1 saturated heterocycles. The molecule has 2 atom stereocenters. The Morgan fingerprint density at radius 2 is 1.96 bits per heavy atom. The van der Waals surface area contributed by atoms with Gasteiger partial charge in [-0.15, -0.1) is 0 Å². The summed E-state index contributed by atoms with van der Waals surface area (Å²) in [6.45, 7) is 5.30. The summed E-state index contributed by atoms with van der Waals surface area (Å²) in [5.74, 6) is 0. The van der Waals surface area contributed by atoms with Crippen molar-refractivity contribution in [1.82, 2.24) is 0 Å². The van der Waals surface area contributed by atoms with E-state index in [1.54, 1.807) is 24.3 Å². The molecule has 1 aromatic carbocycles. The van der Waals surface area contributed by atoms with Gasteiger partial charge in [-0.05, 0) is 44.7 Å². The third kappa shape index (κ3) is 7.05.